The van der Waals surface area contributed by atoms with Gasteiger partial charge < -0.3 is 19.3 Å². The van der Waals surface area contributed by atoms with Gasteiger partial charge in [-0.2, -0.15) is 0 Å². The summed E-state index contributed by atoms with van der Waals surface area (Å²) in [5.74, 6) is -0.743. The summed E-state index contributed by atoms with van der Waals surface area (Å²) >= 11 is 2.01. The number of rotatable bonds is 5. The van der Waals surface area contributed by atoms with Crippen LogP contribution in [0.1, 0.15) is 10.4 Å². The van der Waals surface area contributed by atoms with Gasteiger partial charge in [-0.1, -0.05) is 0 Å². The predicted octanol–water partition coefficient (Wildman–Crippen LogP) is 1.98. The van der Waals surface area contributed by atoms with Crippen molar-refractivity contribution in [2.24, 2.45) is 0 Å². The molecule has 1 heterocycles. The van der Waals surface area contributed by atoms with Gasteiger partial charge in [0.2, 0.25) is 0 Å². The summed E-state index contributed by atoms with van der Waals surface area (Å²) in [6.07, 6.45) is 0. The Bertz CT molecular complexity index is 658. The van der Waals surface area contributed by atoms with Crippen LogP contribution in [0.4, 0.5) is 0 Å². The molecule has 0 unspecified atom stereocenters. The van der Waals surface area contributed by atoms with E-state index >= 15 is 0 Å². The molecule has 0 aliphatic carbocycles. The summed E-state index contributed by atoms with van der Waals surface area (Å²) in [5.41, 5.74) is 0.0957. The molecule has 0 radical (unpaired) electrons. The van der Waals surface area contributed by atoms with Gasteiger partial charge in [0.05, 0.1) is 23.4 Å². The van der Waals surface area contributed by atoms with Crippen molar-refractivity contribution in [3.8, 4) is 23.8 Å². The third kappa shape index (κ3) is 3.68. The Morgan fingerprint density at radius 2 is 1.67 bits per heavy atom. The summed E-state index contributed by atoms with van der Waals surface area (Å²) < 4.78 is 16.0. The Balaban J connectivity index is 2.37. The van der Waals surface area contributed by atoms with Gasteiger partial charge in [0.15, 0.2) is 0 Å². The smallest absolute Gasteiger partial charge is 0.335 e. The van der Waals surface area contributed by atoms with Crippen LogP contribution in [0.3, 0.4) is 0 Å². The molecular weight excluding hydrogens is 393 g/mol. The molecule has 1 aromatic heterocycles. The van der Waals surface area contributed by atoms with Gasteiger partial charge in [-0.05, 0) is 40.8 Å². The molecule has 0 aliphatic heterocycles. The number of benzene rings is 1. The maximum absolute atomic E-state index is 11.0. The number of aromatic nitrogens is 3. The highest BCUT2D eigenvalue weighted by Gasteiger charge is 2.13. The van der Waals surface area contributed by atoms with Crippen LogP contribution in [0.2, 0.25) is 0 Å². The number of nitrogens with zero attached hydrogens (tertiary/aromatic N) is 3. The summed E-state index contributed by atoms with van der Waals surface area (Å²) in [7, 11) is 2.79. The lowest BCUT2D eigenvalue weighted by atomic mass is 10.2. The van der Waals surface area contributed by atoms with Crippen LogP contribution in [0.25, 0.3) is 0 Å². The van der Waals surface area contributed by atoms with Gasteiger partial charge in [-0.3, -0.25) is 0 Å². The molecule has 2 rings (SSSR count). The van der Waals surface area contributed by atoms with E-state index in [0.29, 0.717) is 9.32 Å². The number of hydrogen-bond donors (Lipinski definition) is 1. The monoisotopic (exact) mass is 403 g/mol. The van der Waals surface area contributed by atoms with E-state index in [1.807, 2.05) is 22.6 Å². The lowest BCUT2D eigenvalue weighted by Crippen LogP contribution is -2.03. The molecule has 2 aromatic rings. The summed E-state index contributed by atoms with van der Waals surface area (Å²) in [6.45, 7) is 0. The molecule has 1 aromatic carbocycles. The summed E-state index contributed by atoms with van der Waals surface area (Å²) in [5, 5.41) is 8.99. The Morgan fingerprint density at radius 1 is 1.10 bits per heavy atom. The number of hydrogen-bond acceptors (Lipinski definition) is 7. The molecule has 0 atom stereocenters. The van der Waals surface area contributed by atoms with Crippen molar-refractivity contribution in [3.05, 3.63) is 27.3 Å². The molecule has 0 spiro atoms. The number of aromatic carboxylic acids is 1. The van der Waals surface area contributed by atoms with Gasteiger partial charge in [0, 0.05) is 0 Å². The van der Waals surface area contributed by atoms with Crippen LogP contribution in [-0.4, -0.2) is 40.2 Å². The first-order chi connectivity index (χ1) is 10.0. The normalized spacial score (nSPS) is 10.0. The second-order valence-electron chi connectivity index (χ2n) is 3.64. The van der Waals surface area contributed by atoms with E-state index in [1.165, 1.54) is 26.4 Å². The number of carboxylic acids is 1. The largest absolute Gasteiger partial charge is 0.478 e. The van der Waals surface area contributed by atoms with Crippen molar-refractivity contribution in [2.75, 3.05) is 14.2 Å². The first-order valence-corrected chi connectivity index (χ1v) is 6.66. The average molecular weight is 403 g/mol. The molecule has 8 nitrogen and oxygen atoms in total. The number of halogens is 1. The highest BCUT2D eigenvalue weighted by molar-refractivity contribution is 14.1. The molecule has 1 N–H and O–H groups in total. The van der Waals surface area contributed by atoms with Crippen LogP contribution in [-0.2, 0) is 0 Å². The van der Waals surface area contributed by atoms with Crippen molar-refractivity contribution >= 4 is 28.6 Å². The lowest BCUT2D eigenvalue weighted by Gasteiger charge is -2.08. The molecule has 0 aliphatic rings. The standard InChI is InChI=1S/C12H10IN3O5/c1-19-10-14-11(20-2)16-12(15-10)21-8-5-6(9(17)18)3-4-7(8)13/h3-5H,1-2H3,(H,17,18). The molecule has 0 saturated carbocycles. The fourth-order valence-electron chi connectivity index (χ4n) is 1.36. The zero-order valence-electron chi connectivity index (χ0n) is 11.0. The molecule has 9 heteroatoms. The van der Waals surface area contributed by atoms with Gasteiger partial charge in [-0.15, -0.1) is 15.0 Å². The third-order valence-corrected chi connectivity index (χ3v) is 3.21. The van der Waals surface area contributed by atoms with Crippen molar-refractivity contribution < 1.29 is 24.1 Å². The molecule has 0 fully saturated rings. The lowest BCUT2D eigenvalue weighted by molar-refractivity contribution is 0.0696. The minimum Gasteiger partial charge on any atom is -0.478 e. The minimum absolute atomic E-state index is 0.0289. The molecular formula is C12H10IN3O5. The van der Waals surface area contributed by atoms with E-state index in [-0.39, 0.29) is 23.6 Å². The first kappa shape index (κ1) is 15.2. The average Bonchev–Trinajstić information content (AvgIpc) is 2.48. The van der Waals surface area contributed by atoms with Crippen LogP contribution < -0.4 is 14.2 Å². The van der Waals surface area contributed by atoms with Crippen LogP contribution >= 0.6 is 22.6 Å². The van der Waals surface area contributed by atoms with E-state index in [1.54, 1.807) is 6.07 Å². The van der Waals surface area contributed by atoms with E-state index in [9.17, 15) is 4.79 Å². The Morgan fingerprint density at radius 3 is 2.19 bits per heavy atom. The van der Waals surface area contributed by atoms with E-state index in [4.69, 9.17) is 19.3 Å². The highest BCUT2D eigenvalue weighted by atomic mass is 127. The van der Waals surface area contributed by atoms with E-state index in [2.05, 4.69) is 15.0 Å². The molecule has 21 heavy (non-hydrogen) atoms. The number of carbonyl (C=O) groups is 1. The quantitative estimate of drug-likeness (QED) is 0.757. The maximum Gasteiger partial charge on any atom is 0.335 e. The Hall–Kier alpha value is -2.17. The van der Waals surface area contributed by atoms with Crippen LogP contribution in [0, 0.1) is 3.57 Å². The topological polar surface area (TPSA) is 104 Å². The zero-order chi connectivity index (χ0) is 15.4. The number of carboxylic acid groups (broad SMARTS) is 1. The second kappa shape index (κ2) is 6.52. The van der Waals surface area contributed by atoms with Crippen molar-refractivity contribution in [1.82, 2.24) is 15.0 Å². The van der Waals surface area contributed by atoms with Gasteiger partial charge >= 0.3 is 24.0 Å². The second-order valence-corrected chi connectivity index (χ2v) is 4.81. The minimum atomic E-state index is -1.05. The van der Waals surface area contributed by atoms with Gasteiger partial charge in [0.1, 0.15) is 5.75 Å². The Labute approximate surface area is 133 Å². The van der Waals surface area contributed by atoms with Crippen molar-refractivity contribution in [2.45, 2.75) is 0 Å². The Kier molecular flexibility index (Phi) is 4.73. The van der Waals surface area contributed by atoms with Crippen molar-refractivity contribution in [1.29, 1.82) is 0 Å². The fraction of sp³-hybridized carbons (Fsp3) is 0.167. The number of ether oxygens (including phenoxy) is 3. The third-order valence-electron chi connectivity index (χ3n) is 2.32. The molecule has 0 amide bonds. The molecule has 0 bridgehead atoms. The van der Waals surface area contributed by atoms with Crippen LogP contribution in [0.5, 0.6) is 23.8 Å². The number of methoxy groups -OCH3 is 2. The maximum atomic E-state index is 11.0. The van der Waals surface area contributed by atoms with Gasteiger partial charge in [-0.25, -0.2) is 4.79 Å². The highest BCUT2D eigenvalue weighted by Crippen LogP contribution is 2.27. The van der Waals surface area contributed by atoms with E-state index in [0.717, 1.165) is 0 Å². The van der Waals surface area contributed by atoms with Gasteiger partial charge in [0.25, 0.3) is 0 Å². The van der Waals surface area contributed by atoms with Crippen LogP contribution in [0.15, 0.2) is 18.2 Å². The zero-order valence-corrected chi connectivity index (χ0v) is 13.2. The fourth-order valence-corrected chi connectivity index (χ4v) is 1.81. The SMILES string of the molecule is COc1nc(OC)nc(Oc2cc(C(=O)O)ccc2I)n1. The summed E-state index contributed by atoms with van der Waals surface area (Å²) in [6, 6.07) is 4.48. The first-order valence-electron chi connectivity index (χ1n) is 5.58. The van der Waals surface area contributed by atoms with E-state index < -0.39 is 5.97 Å². The molecule has 110 valence electrons. The van der Waals surface area contributed by atoms with Crippen molar-refractivity contribution in [3.63, 3.8) is 0 Å². The molecule has 0 saturated heterocycles. The predicted molar refractivity (Wildman–Crippen MR) is 79.1 cm³/mol. The summed E-state index contributed by atoms with van der Waals surface area (Å²) in [4.78, 5) is 22.6.